The fourth-order valence-electron chi connectivity index (χ4n) is 3.00. The average molecular weight is 415 g/mol. The molecule has 1 amide bonds. The summed E-state index contributed by atoms with van der Waals surface area (Å²) in [5, 5.41) is 11.7. The molecule has 1 aromatic heterocycles. The fourth-order valence-corrected chi connectivity index (χ4v) is 3.17. The molecule has 0 aliphatic heterocycles. The van der Waals surface area contributed by atoms with Crippen molar-refractivity contribution in [3.05, 3.63) is 79.3 Å². The monoisotopic (exact) mass is 414 g/mol. The van der Waals surface area contributed by atoms with E-state index >= 15 is 0 Å². The van der Waals surface area contributed by atoms with Gasteiger partial charge in [0.05, 0.1) is 28.8 Å². The Balaban J connectivity index is 1.80. The summed E-state index contributed by atoms with van der Waals surface area (Å²) in [5.74, 6) is 0.213. The van der Waals surface area contributed by atoms with Gasteiger partial charge < -0.3 is 9.88 Å². The molecule has 0 fully saturated rings. The number of carbonyl (C=O) groups is 1. The molecular weight excluding hydrogens is 396 g/mol. The van der Waals surface area contributed by atoms with Crippen molar-refractivity contribution in [3.63, 3.8) is 0 Å². The molecule has 1 N–H and O–H groups in total. The molecule has 3 rings (SSSR count). The van der Waals surface area contributed by atoms with E-state index in [1.807, 2.05) is 6.92 Å². The number of nitrogens with one attached hydrogen (secondary N) is 1. The maximum atomic E-state index is 12.8. The highest BCUT2D eigenvalue weighted by molar-refractivity contribution is 6.31. The van der Waals surface area contributed by atoms with Gasteiger partial charge in [-0.1, -0.05) is 30.7 Å². The van der Waals surface area contributed by atoms with Crippen molar-refractivity contribution < 1.29 is 9.72 Å². The van der Waals surface area contributed by atoms with Gasteiger partial charge in [-0.25, -0.2) is 4.98 Å². The van der Waals surface area contributed by atoms with Crippen LogP contribution in [0.15, 0.2) is 47.3 Å². The average Bonchev–Trinajstić information content (AvgIpc) is 2.67. The first-order valence-electron chi connectivity index (χ1n) is 9.07. The van der Waals surface area contributed by atoms with E-state index in [4.69, 9.17) is 11.6 Å². The number of nitro groups is 1. The summed E-state index contributed by atoms with van der Waals surface area (Å²) in [6, 6.07) is 10.7. The van der Waals surface area contributed by atoms with Gasteiger partial charge in [-0.05, 0) is 30.2 Å². The quantitative estimate of drug-likeness (QED) is 0.470. The lowest BCUT2D eigenvalue weighted by molar-refractivity contribution is -0.384. The second kappa shape index (κ2) is 8.83. The normalized spacial score (nSPS) is 10.8. The highest BCUT2D eigenvalue weighted by Crippen LogP contribution is 2.16. The zero-order valence-corrected chi connectivity index (χ0v) is 16.5. The number of H-pyrrole nitrogens is 1. The molecule has 3 aromatic rings. The van der Waals surface area contributed by atoms with Crippen LogP contribution >= 0.6 is 11.6 Å². The first-order valence-corrected chi connectivity index (χ1v) is 9.44. The molecule has 29 heavy (non-hydrogen) atoms. The van der Waals surface area contributed by atoms with Crippen LogP contribution in [0.3, 0.4) is 0 Å². The fraction of sp³-hybridized carbons (Fsp3) is 0.250. The zero-order valence-electron chi connectivity index (χ0n) is 15.7. The minimum Gasteiger partial charge on any atom is -0.335 e. The van der Waals surface area contributed by atoms with Crippen molar-refractivity contribution >= 4 is 34.1 Å². The number of carbonyl (C=O) groups excluding carboxylic acids is 1. The highest BCUT2D eigenvalue weighted by Gasteiger charge is 2.16. The van der Waals surface area contributed by atoms with Gasteiger partial charge in [0.25, 0.3) is 11.2 Å². The van der Waals surface area contributed by atoms with Gasteiger partial charge in [-0.2, -0.15) is 0 Å². The molecule has 150 valence electrons. The number of hydrogen-bond acceptors (Lipinski definition) is 5. The van der Waals surface area contributed by atoms with Crippen molar-refractivity contribution in [1.82, 2.24) is 14.9 Å². The van der Waals surface area contributed by atoms with E-state index in [0.717, 1.165) is 6.42 Å². The van der Waals surface area contributed by atoms with Gasteiger partial charge in [0.2, 0.25) is 5.91 Å². The van der Waals surface area contributed by atoms with Crippen molar-refractivity contribution in [3.8, 4) is 0 Å². The van der Waals surface area contributed by atoms with Gasteiger partial charge in [-0.3, -0.25) is 19.7 Å². The molecule has 0 saturated carbocycles. The lowest BCUT2D eigenvalue weighted by atomic mass is 10.1. The molecular formula is C20H19ClN4O4. The van der Waals surface area contributed by atoms with Crippen molar-refractivity contribution in [1.29, 1.82) is 0 Å². The summed E-state index contributed by atoms with van der Waals surface area (Å²) >= 11 is 5.99. The largest absolute Gasteiger partial charge is 0.335 e. The van der Waals surface area contributed by atoms with Crippen LogP contribution in [0, 0.1) is 10.1 Å². The first-order chi connectivity index (χ1) is 13.9. The summed E-state index contributed by atoms with van der Waals surface area (Å²) in [4.78, 5) is 44.1. The van der Waals surface area contributed by atoms with Gasteiger partial charge in [0.1, 0.15) is 5.82 Å². The van der Waals surface area contributed by atoms with Crippen LogP contribution in [0.5, 0.6) is 0 Å². The summed E-state index contributed by atoms with van der Waals surface area (Å²) in [6.07, 6.45) is 0.831. The van der Waals surface area contributed by atoms with E-state index in [9.17, 15) is 19.7 Å². The number of benzene rings is 2. The number of aromatic nitrogens is 2. The Morgan fingerprint density at radius 2 is 1.97 bits per heavy atom. The lowest BCUT2D eigenvalue weighted by Crippen LogP contribution is -2.34. The summed E-state index contributed by atoms with van der Waals surface area (Å²) in [7, 11) is 0. The van der Waals surface area contributed by atoms with Crippen LogP contribution in [-0.4, -0.2) is 32.2 Å². The molecule has 0 saturated heterocycles. The topological polar surface area (TPSA) is 109 Å². The number of halogens is 1. The third kappa shape index (κ3) is 4.97. The maximum absolute atomic E-state index is 12.8. The van der Waals surface area contributed by atoms with Gasteiger partial charge in [0, 0.05) is 23.7 Å². The standard InChI is InChI=1S/C20H19ClN4O4/c1-2-9-24(19(26)10-13-3-6-15(7-4-13)25(28)29)12-18-22-17-11-14(21)5-8-16(17)20(27)23-18/h3-8,11H,2,9-10,12H2,1H3,(H,22,23,27). The van der Waals surface area contributed by atoms with Crippen LogP contribution < -0.4 is 5.56 Å². The van der Waals surface area contributed by atoms with Crippen LogP contribution in [0.1, 0.15) is 24.7 Å². The van der Waals surface area contributed by atoms with Crippen LogP contribution in [0.25, 0.3) is 10.9 Å². The molecule has 1 heterocycles. The Morgan fingerprint density at radius 3 is 2.62 bits per heavy atom. The van der Waals surface area contributed by atoms with E-state index in [-0.39, 0.29) is 30.1 Å². The van der Waals surface area contributed by atoms with E-state index in [1.165, 1.54) is 12.1 Å². The molecule has 0 bridgehead atoms. The second-order valence-corrected chi connectivity index (χ2v) is 7.03. The third-order valence-corrected chi connectivity index (χ3v) is 4.64. The molecule has 8 nitrogen and oxygen atoms in total. The summed E-state index contributed by atoms with van der Waals surface area (Å²) in [6.45, 7) is 2.59. The Kier molecular flexibility index (Phi) is 6.23. The number of amides is 1. The Bertz CT molecular complexity index is 1110. The zero-order chi connectivity index (χ0) is 21.0. The highest BCUT2D eigenvalue weighted by atomic mass is 35.5. The molecule has 0 aliphatic rings. The molecule has 0 spiro atoms. The van der Waals surface area contributed by atoms with Crippen LogP contribution in [-0.2, 0) is 17.8 Å². The van der Waals surface area contributed by atoms with Crippen molar-refractivity contribution in [2.24, 2.45) is 0 Å². The number of fused-ring (bicyclic) bond motifs is 1. The Morgan fingerprint density at radius 1 is 1.24 bits per heavy atom. The summed E-state index contributed by atoms with van der Waals surface area (Å²) in [5.41, 5.74) is 0.827. The van der Waals surface area contributed by atoms with Gasteiger partial charge in [0.15, 0.2) is 0 Å². The van der Waals surface area contributed by atoms with Gasteiger partial charge in [-0.15, -0.1) is 0 Å². The minimum atomic E-state index is -0.483. The minimum absolute atomic E-state index is 0.0248. The predicted octanol–water partition coefficient (Wildman–Crippen LogP) is 3.47. The Labute approximate surface area is 171 Å². The molecule has 0 unspecified atom stereocenters. The van der Waals surface area contributed by atoms with Crippen molar-refractivity contribution in [2.75, 3.05) is 6.54 Å². The van der Waals surface area contributed by atoms with E-state index in [0.29, 0.717) is 33.9 Å². The maximum Gasteiger partial charge on any atom is 0.269 e. The van der Waals surface area contributed by atoms with Crippen molar-refractivity contribution in [2.45, 2.75) is 26.3 Å². The lowest BCUT2D eigenvalue weighted by Gasteiger charge is -2.22. The number of nitro benzene ring substituents is 1. The van der Waals surface area contributed by atoms with Crippen LogP contribution in [0.2, 0.25) is 5.02 Å². The molecule has 0 radical (unpaired) electrons. The SMILES string of the molecule is CCCN(Cc1nc2cc(Cl)ccc2c(=O)[nH]1)C(=O)Cc1ccc([N+](=O)[O-])cc1. The molecule has 9 heteroatoms. The number of rotatable bonds is 7. The summed E-state index contributed by atoms with van der Waals surface area (Å²) < 4.78 is 0. The van der Waals surface area contributed by atoms with E-state index < -0.39 is 4.92 Å². The van der Waals surface area contributed by atoms with Gasteiger partial charge >= 0.3 is 0 Å². The van der Waals surface area contributed by atoms with E-state index in [1.54, 1.807) is 35.2 Å². The number of hydrogen-bond donors (Lipinski definition) is 1. The number of nitrogens with zero attached hydrogens (tertiary/aromatic N) is 3. The second-order valence-electron chi connectivity index (χ2n) is 6.59. The number of non-ortho nitro benzene ring substituents is 1. The molecule has 0 aliphatic carbocycles. The third-order valence-electron chi connectivity index (χ3n) is 4.41. The first kappa shape index (κ1) is 20.5. The Hall–Kier alpha value is -3.26. The van der Waals surface area contributed by atoms with Crippen LogP contribution in [0.4, 0.5) is 5.69 Å². The predicted molar refractivity (Wildman–Crippen MR) is 110 cm³/mol. The van der Waals surface area contributed by atoms with E-state index in [2.05, 4.69) is 9.97 Å². The molecule has 2 aromatic carbocycles. The number of aromatic amines is 1. The smallest absolute Gasteiger partial charge is 0.269 e. The molecule has 0 atom stereocenters.